The Morgan fingerprint density at radius 1 is 1.45 bits per heavy atom. The van der Waals surface area contributed by atoms with Gasteiger partial charge in [-0.15, -0.1) is 0 Å². The van der Waals surface area contributed by atoms with Gasteiger partial charge in [0, 0.05) is 23.7 Å². The Balaban J connectivity index is 2.19. The number of benzene rings is 1. The van der Waals surface area contributed by atoms with Gasteiger partial charge in [0.15, 0.2) is 0 Å². The monoisotopic (exact) mass is 273 g/mol. The molecule has 0 radical (unpaired) electrons. The van der Waals surface area contributed by atoms with Gasteiger partial charge in [-0.2, -0.15) is 0 Å². The van der Waals surface area contributed by atoms with E-state index in [1.165, 1.54) is 24.8 Å². The lowest BCUT2D eigenvalue weighted by atomic mass is 10.1. The number of hydrogen-bond acceptors (Lipinski definition) is 3. The molecule has 1 saturated heterocycles. The molecule has 108 valence electrons. The third-order valence-electron chi connectivity index (χ3n) is 3.94. The first-order valence-corrected chi connectivity index (χ1v) is 7.29. The van der Waals surface area contributed by atoms with Crippen molar-refractivity contribution in [2.45, 2.75) is 38.8 Å². The molecule has 3 heteroatoms. The number of likely N-dealkylation sites (tertiary alicyclic amines) is 1. The van der Waals surface area contributed by atoms with E-state index in [4.69, 9.17) is 9.84 Å². The zero-order chi connectivity index (χ0) is 14.4. The SMILES string of the molecule is CCC1CCCN1Cc1cc(C#CCO)ccc1OC. The lowest BCUT2D eigenvalue weighted by Crippen LogP contribution is -2.28. The second-order valence-corrected chi connectivity index (χ2v) is 5.16. The average Bonchev–Trinajstić information content (AvgIpc) is 2.92. The summed E-state index contributed by atoms with van der Waals surface area (Å²) in [6.07, 6.45) is 3.78. The van der Waals surface area contributed by atoms with Crippen molar-refractivity contribution >= 4 is 0 Å². The van der Waals surface area contributed by atoms with E-state index in [0.29, 0.717) is 6.04 Å². The fourth-order valence-corrected chi connectivity index (χ4v) is 2.91. The lowest BCUT2D eigenvalue weighted by Gasteiger charge is -2.24. The highest BCUT2D eigenvalue weighted by atomic mass is 16.5. The second kappa shape index (κ2) is 7.33. The molecule has 0 spiro atoms. The number of aliphatic hydroxyl groups excluding tert-OH is 1. The molecule has 0 bridgehead atoms. The van der Waals surface area contributed by atoms with Gasteiger partial charge in [-0.25, -0.2) is 0 Å². The van der Waals surface area contributed by atoms with Gasteiger partial charge in [-0.1, -0.05) is 18.8 Å². The highest BCUT2D eigenvalue weighted by Gasteiger charge is 2.23. The highest BCUT2D eigenvalue weighted by Crippen LogP contribution is 2.27. The smallest absolute Gasteiger partial charge is 0.123 e. The minimum atomic E-state index is -0.106. The Hall–Kier alpha value is -1.50. The van der Waals surface area contributed by atoms with E-state index in [1.807, 2.05) is 12.1 Å². The van der Waals surface area contributed by atoms with E-state index in [1.54, 1.807) is 7.11 Å². The molecule has 0 aromatic heterocycles. The van der Waals surface area contributed by atoms with E-state index in [9.17, 15) is 0 Å². The molecular weight excluding hydrogens is 250 g/mol. The zero-order valence-electron chi connectivity index (χ0n) is 12.4. The summed E-state index contributed by atoms with van der Waals surface area (Å²) in [6.45, 7) is 4.22. The molecule has 1 unspecified atom stereocenters. The Kier molecular flexibility index (Phi) is 5.46. The summed E-state index contributed by atoms with van der Waals surface area (Å²) in [5, 5.41) is 8.79. The summed E-state index contributed by atoms with van der Waals surface area (Å²) in [5.74, 6) is 6.57. The molecule has 1 aliphatic rings. The largest absolute Gasteiger partial charge is 0.496 e. The molecule has 3 nitrogen and oxygen atoms in total. The summed E-state index contributed by atoms with van der Waals surface area (Å²) in [7, 11) is 1.71. The van der Waals surface area contributed by atoms with Crippen molar-refractivity contribution in [3.8, 4) is 17.6 Å². The van der Waals surface area contributed by atoms with Crippen molar-refractivity contribution in [3.05, 3.63) is 29.3 Å². The molecule has 1 aromatic rings. The van der Waals surface area contributed by atoms with E-state index in [2.05, 4.69) is 29.7 Å². The van der Waals surface area contributed by atoms with Crippen LogP contribution in [0.25, 0.3) is 0 Å². The average molecular weight is 273 g/mol. The summed E-state index contributed by atoms with van der Waals surface area (Å²) in [6, 6.07) is 6.67. The molecule has 1 heterocycles. The summed E-state index contributed by atoms with van der Waals surface area (Å²) in [5.41, 5.74) is 2.11. The molecule has 0 amide bonds. The fraction of sp³-hybridized carbons (Fsp3) is 0.529. The molecule has 1 N–H and O–H groups in total. The first kappa shape index (κ1) is 14.9. The van der Waals surface area contributed by atoms with Crippen molar-refractivity contribution in [2.75, 3.05) is 20.3 Å². The Bertz CT molecular complexity index is 501. The van der Waals surface area contributed by atoms with E-state index in [-0.39, 0.29) is 6.61 Å². The van der Waals surface area contributed by atoms with Crippen LogP contribution in [0.2, 0.25) is 0 Å². The third kappa shape index (κ3) is 3.53. The second-order valence-electron chi connectivity index (χ2n) is 5.16. The van der Waals surface area contributed by atoms with Crippen LogP contribution in [0, 0.1) is 11.8 Å². The van der Waals surface area contributed by atoms with Crippen LogP contribution < -0.4 is 4.74 Å². The van der Waals surface area contributed by atoms with Crippen molar-refractivity contribution in [3.63, 3.8) is 0 Å². The number of nitrogens with zero attached hydrogens (tertiary/aromatic N) is 1. The summed E-state index contributed by atoms with van der Waals surface area (Å²) < 4.78 is 5.46. The van der Waals surface area contributed by atoms with Gasteiger partial charge in [0.1, 0.15) is 12.4 Å². The number of hydrogen-bond donors (Lipinski definition) is 1. The van der Waals surface area contributed by atoms with E-state index in [0.717, 1.165) is 24.4 Å². The van der Waals surface area contributed by atoms with Crippen LogP contribution in [0.4, 0.5) is 0 Å². The molecule has 20 heavy (non-hydrogen) atoms. The van der Waals surface area contributed by atoms with Crippen LogP contribution in [-0.4, -0.2) is 36.3 Å². The van der Waals surface area contributed by atoms with Gasteiger partial charge >= 0.3 is 0 Å². The minimum Gasteiger partial charge on any atom is -0.496 e. The zero-order valence-corrected chi connectivity index (χ0v) is 12.4. The predicted molar refractivity (Wildman–Crippen MR) is 80.7 cm³/mol. The van der Waals surface area contributed by atoms with Crippen molar-refractivity contribution in [1.29, 1.82) is 0 Å². The van der Waals surface area contributed by atoms with Crippen molar-refractivity contribution in [1.82, 2.24) is 4.90 Å². The maximum Gasteiger partial charge on any atom is 0.123 e. The van der Waals surface area contributed by atoms with Crippen molar-refractivity contribution < 1.29 is 9.84 Å². The fourth-order valence-electron chi connectivity index (χ4n) is 2.91. The van der Waals surface area contributed by atoms with Gasteiger partial charge in [0.2, 0.25) is 0 Å². The molecular formula is C17H23NO2. The van der Waals surface area contributed by atoms with Gasteiger partial charge < -0.3 is 9.84 Å². The predicted octanol–water partition coefficient (Wildman–Crippen LogP) is 2.41. The Morgan fingerprint density at radius 2 is 2.30 bits per heavy atom. The van der Waals surface area contributed by atoms with Crippen molar-refractivity contribution in [2.24, 2.45) is 0 Å². The number of rotatable bonds is 4. The maximum absolute atomic E-state index is 8.79. The molecule has 0 aliphatic carbocycles. The normalized spacial score (nSPS) is 18.6. The van der Waals surface area contributed by atoms with Gasteiger partial charge in [0.25, 0.3) is 0 Å². The minimum absolute atomic E-state index is 0.106. The number of methoxy groups -OCH3 is 1. The van der Waals surface area contributed by atoms with Crippen LogP contribution in [-0.2, 0) is 6.54 Å². The van der Waals surface area contributed by atoms with Gasteiger partial charge in [-0.05, 0) is 44.0 Å². The van der Waals surface area contributed by atoms with E-state index < -0.39 is 0 Å². The van der Waals surface area contributed by atoms with Crippen LogP contribution >= 0.6 is 0 Å². The quantitative estimate of drug-likeness (QED) is 0.855. The lowest BCUT2D eigenvalue weighted by molar-refractivity contribution is 0.236. The molecule has 2 rings (SSSR count). The molecule has 0 saturated carbocycles. The van der Waals surface area contributed by atoms with Crippen LogP contribution in [0.5, 0.6) is 5.75 Å². The molecule has 1 aromatic carbocycles. The first-order valence-electron chi connectivity index (χ1n) is 7.29. The first-order chi connectivity index (χ1) is 9.78. The van der Waals surface area contributed by atoms with E-state index >= 15 is 0 Å². The molecule has 1 atom stereocenters. The molecule has 1 fully saturated rings. The van der Waals surface area contributed by atoms with Crippen LogP contribution in [0.15, 0.2) is 18.2 Å². The molecule has 1 aliphatic heterocycles. The highest BCUT2D eigenvalue weighted by molar-refractivity contribution is 5.44. The third-order valence-corrected chi connectivity index (χ3v) is 3.94. The topological polar surface area (TPSA) is 32.7 Å². The standard InChI is InChI=1S/C17H23NO2/c1-3-16-7-4-10-18(16)13-15-12-14(6-5-11-19)8-9-17(15)20-2/h8-9,12,16,19H,3-4,7,10-11,13H2,1-2H3. The van der Waals surface area contributed by atoms with Crippen LogP contribution in [0.3, 0.4) is 0 Å². The number of aliphatic hydroxyl groups is 1. The Labute approximate surface area is 121 Å². The summed E-state index contributed by atoms with van der Waals surface area (Å²) >= 11 is 0. The summed E-state index contributed by atoms with van der Waals surface area (Å²) in [4.78, 5) is 2.53. The maximum atomic E-state index is 8.79. The number of ether oxygens (including phenoxy) is 1. The Morgan fingerprint density at radius 3 is 3.00 bits per heavy atom. The van der Waals surface area contributed by atoms with Crippen LogP contribution in [0.1, 0.15) is 37.3 Å². The van der Waals surface area contributed by atoms with Gasteiger partial charge in [0.05, 0.1) is 7.11 Å². The van der Waals surface area contributed by atoms with Gasteiger partial charge in [-0.3, -0.25) is 4.90 Å².